The molecule has 2 N–H and O–H groups in total. The molecule has 0 rings (SSSR count). The maximum Gasteiger partial charge on any atom is 0.318 e. The van der Waals surface area contributed by atoms with Crippen LogP contribution in [0, 0.1) is 0 Å². The summed E-state index contributed by atoms with van der Waals surface area (Å²) in [7, 11) is 0. The minimum atomic E-state index is -0.856. The number of carbonyl (C=O) groups excluding carboxylic acids is 1. The van der Waals surface area contributed by atoms with Crippen LogP contribution in [0.4, 0.5) is 4.79 Å². The molecule has 17 heavy (non-hydrogen) atoms. The SMILES string of the molecule is C=CCN(CC)C(=O)NC(C)(C)CCC(=O)O. The number of rotatable bonds is 7. The van der Waals surface area contributed by atoms with Crippen molar-refractivity contribution in [1.29, 1.82) is 0 Å². The average molecular weight is 242 g/mol. The molecule has 0 heterocycles. The Hall–Kier alpha value is -1.52. The number of hydrogen-bond acceptors (Lipinski definition) is 2. The molecular formula is C12H22N2O3. The molecular weight excluding hydrogens is 220 g/mol. The van der Waals surface area contributed by atoms with E-state index in [-0.39, 0.29) is 12.5 Å². The van der Waals surface area contributed by atoms with Crippen molar-refractivity contribution >= 4 is 12.0 Å². The molecule has 0 atom stereocenters. The van der Waals surface area contributed by atoms with Crippen LogP contribution >= 0.6 is 0 Å². The number of hydrogen-bond donors (Lipinski definition) is 2. The fourth-order valence-electron chi connectivity index (χ4n) is 1.36. The fraction of sp³-hybridized carbons (Fsp3) is 0.667. The summed E-state index contributed by atoms with van der Waals surface area (Å²) in [4.78, 5) is 23.9. The van der Waals surface area contributed by atoms with Gasteiger partial charge >= 0.3 is 12.0 Å². The van der Waals surface area contributed by atoms with Crippen LogP contribution in [0.5, 0.6) is 0 Å². The first-order chi connectivity index (χ1) is 7.82. The first-order valence-corrected chi connectivity index (χ1v) is 5.72. The van der Waals surface area contributed by atoms with Gasteiger partial charge < -0.3 is 15.3 Å². The number of amides is 2. The van der Waals surface area contributed by atoms with E-state index in [9.17, 15) is 9.59 Å². The van der Waals surface area contributed by atoms with Crippen LogP contribution in [0.2, 0.25) is 0 Å². The second-order valence-corrected chi connectivity index (χ2v) is 4.54. The van der Waals surface area contributed by atoms with Gasteiger partial charge in [-0.3, -0.25) is 4.79 Å². The van der Waals surface area contributed by atoms with Gasteiger partial charge in [-0.25, -0.2) is 4.79 Å². The predicted molar refractivity (Wildman–Crippen MR) is 66.9 cm³/mol. The highest BCUT2D eigenvalue weighted by molar-refractivity contribution is 5.75. The Bertz CT molecular complexity index is 287. The second kappa shape index (κ2) is 6.93. The molecule has 0 fully saturated rings. The molecule has 98 valence electrons. The zero-order chi connectivity index (χ0) is 13.5. The summed E-state index contributed by atoms with van der Waals surface area (Å²) >= 11 is 0. The lowest BCUT2D eigenvalue weighted by molar-refractivity contribution is -0.137. The Labute approximate surface area is 102 Å². The van der Waals surface area contributed by atoms with Gasteiger partial charge in [-0.15, -0.1) is 6.58 Å². The van der Waals surface area contributed by atoms with Crippen molar-refractivity contribution in [2.75, 3.05) is 13.1 Å². The van der Waals surface area contributed by atoms with Crippen LogP contribution in [0.1, 0.15) is 33.6 Å². The van der Waals surface area contributed by atoms with Gasteiger partial charge in [0.1, 0.15) is 0 Å². The monoisotopic (exact) mass is 242 g/mol. The van der Waals surface area contributed by atoms with Crippen LogP contribution in [-0.2, 0) is 4.79 Å². The lowest BCUT2D eigenvalue weighted by Gasteiger charge is -2.29. The molecule has 0 saturated carbocycles. The Morgan fingerprint density at radius 2 is 2.06 bits per heavy atom. The number of carbonyl (C=O) groups is 2. The van der Waals surface area contributed by atoms with Crippen LogP contribution in [0.15, 0.2) is 12.7 Å². The van der Waals surface area contributed by atoms with Crippen molar-refractivity contribution in [1.82, 2.24) is 10.2 Å². The molecule has 0 aliphatic carbocycles. The maximum absolute atomic E-state index is 11.8. The largest absolute Gasteiger partial charge is 0.481 e. The highest BCUT2D eigenvalue weighted by Gasteiger charge is 2.23. The number of nitrogens with zero attached hydrogens (tertiary/aromatic N) is 1. The van der Waals surface area contributed by atoms with Crippen LogP contribution < -0.4 is 5.32 Å². The second-order valence-electron chi connectivity index (χ2n) is 4.54. The normalized spacial score (nSPS) is 10.8. The Morgan fingerprint density at radius 1 is 1.47 bits per heavy atom. The number of carboxylic acids is 1. The van der Waals surface area contributed by atoms with E-state index in [1.165, 1.54) is 0 Å². The molecule has 5 nitrogen and oxygen atoms in total. The number of aliphatic carboxylic acids is 1. The van der Waals surface area contributed by atoms with Crippen molar-refractivity contribution in [2.24, 2.45) is 0 Å². The van der Waals surface area contributed by atoms with E-state index in [1.807, 2.05) is 20.8 Å². The van der Waals surface area contributed by atoms with E-state index in [1.54, 1.807) is 11.0 Å². The van der Waals surface area contributed by atoms with Gasteiger partial charge in [-0.2, -0.15) is 0 Å². The van der Waals surface area contributed by atoms with Crippen molar-refractivity contribution in [3.8, 4) is 0 Å². The van der Waals surface area contributed by atoms with E-state index in [4.69, 9.17) is 5.11 Å². The summed E-state index contributed by atoms with van der Waals surface area (Å²) < 4.78 is 0. The molecule has 0 unspecified atom stereocenters. The van der Waals surface area contributed by atoms with Crippen molar-refractivity contribution in [3.05, 3.63) is 12.7 Å². The van der Waals surface area contributed by atoms with Crippen LogP contribution in [0.3, 0.4) is 0 Å². The number of nitrogens with one attached hydrogen (secondary N) is 1. The smallest absolute Gasteiger partial charge is 0.318 e. The highest BCUT2D eigenvalue weighted by atomic mass is 16.4. The molecule has 0 aromatic rings. The molecule has 5 heteroatoms. The van der Waals surface area contributed by atoms with Gasteiger partial charge in [-0.05, 0) is 27.2 Å². The van der Waals surface area contributed by atoms with E-state index >= 15 is 0 Å². The molecule has 0 saturated heterocycles. The molecule has 0 radical (unpaired) electrons. The first-order valence-electron chi connectivity index (χ1n) is 5.72. The maximum atomic E-state index is 11.8. The van der Waals surface area contributed by atoms with Gasteiger partial charge in [0.2, 0.25) is 0 Å². The van der Waals surface area contributed by atoms with Gasteiger partial charge in [0.15, 0.2) is 0 Å². The summed E-state index contributed by atoms with van der Waals surface area (Å²) in [5, 5.41) is 11.4. The van der Waals surface area contributed by atoms with Crippen molar-refractivity contribution in [3.63, 3.8) is 0 Å². The quantitative estimate of drug-likeness (QED) is 0.669. The summed E-state index contributed by atoms with van der Waals surface area (Å²) in [6, 6.07) is -0.192. The zero-order valence-corrected chi connectivity index (χ0v) is 10.8. The molecule has 0 spiro atoms. The topological polar surface area (TPSA) is 69.6 Å². The summed E-state index contributed by atoms with van der Waals surface area (Å²) in [5.74, 6) is -0.856. The standard InChI is InChI=1S/C12H22N2O3/c1-5-9-14(6-2)11(17)13-12(3,4)8-7-10(15)16/h5H,1,6-9H2,2-4H3,(H,13,17)(H,15,16). The molecule has 0 aromatic carbocycles. The fourth-order valence-corrected chi connectivity index (χ4v) is 1.36. The lowest BCUT2D eigenvalue weighted by atomic mass is 9.99. The van der Waals surface area contributed by atoms with Gasteiger partial charge in [0.05, 0.1) is 0 Å². The van der Waals surface area contributed by atoms with E-state index in [2.05, 4.69) is 11.9 Å². The minimum Gasteiger partial charge on any atom is -0.481 e. The van der Waals surface area contributed by atoms with Crippen molar-refractivity contribution < 1.29 is 14.7 Å². The van der Waals surface area contributed by atoms with Gasteiger partial charge in [-0.1, -0.05) is 6.08 Å². The van der Waals surface area contributed by atoms with Gasteiger partial charge in [0.25, 0.3) is 0 Å². The lowest BCUT2D eigenvalue weighted by Crippen LogP contribution is -2.50. The summed E-state index contributed by atoms with van der Waals surface area (Å²) in [6.07, 6.45) is 2.11. The average Bonchev–Trinajstić information content (AvgIpc) is 2.22. The highest BCUT2D eigenvalue weighted by Crippen LogP contribution is 2.11. The Kier molecular flexibility index (Phi) is 6.31. The summed E-state index contributed by atoms with van der Waals surface area (Å²) in [5.41, 5.74) is -0.524. The Balaban J connectivity index is 4.32. The first kappa shape index (κ1) is 15.5. The number of likely N-dealkylation sites (N-methyl/N-ethyl adjacent to an activating group) is 1. The van der Waals surface area contributed by atoms with Crippen LogP contribution in [0.25, 0.3) is 0 Å². The van der Waals surface area contributed by atoms with E-state index in [0.717, 1.165) is 0 Å². The van der Waals surface area contributed by atoms with Crippen LogP contribution in [-0.4, -0.2) is 40.6 Å². The molecule has 0 aliphatic rings. The van der Waals surface area contributed by atoms with Gasteiger partial charge in [0, 0.05) is 25.0 Å². The van der Waals surface area contributed by atoms with E-state index in [0.29, 0.717) is 19.5 Å². The molecule has 0 aliphatic heterocycles. The summed E-state index contributed by atoms with van der Waals surface area (Å²) in [6.45, 7) is 10.2. The molecule has 0 bridgehead atoms. The third-order valence-electron chi connectivity index (χ3n) is 2.43. The third kappa shape index (κ3) is 6.60. The molecule has 2 amide bonds. The Morgan fingerprint density at radius 3 is 2.47 bits per heavy atom. The number of carboxylic acid groups (broad SMARTS) is 1. The minimum absolute atomic E-state index is 0.0425. The van der Waals surface area contributed by atoms with Crippen molar-refractivity contribution in [2.45, 2.75) is 39.2 Å². The third-order valence-corrected chi connectivity index (χ3v) is 2.43. The number of urea groups is 1. The zero-order valence-electron chi connectivity index (χ0n) is 10.8. The predicted octanol–water partition coefficient (Wildman–Crippen LogP) is 1.85. The molecule has 0 aromatic heterocycles. The van der Waals surface area contributed by atoms with E-state index < -0.39 is 11.5 Å².